The minimum Gasteiger partial charge on any atom is -0.382 e. The molecule has 0 spiro atoms. The summed E-state index contributed by atoms with van der Waals surface area (Å²) >= 11 is 0. The molecule has 0 aliphatic carbocycles. The van der Waals surface area contributed by atoms with Gasteiger partial charge in [0.05, 0.1) is 5.69 Å². The number of anilines is 2. The molecule has 0 bridgehead atoms. The highest BCUT2D eigenvalue weighted by molar-refractivity contribution is 7.90. The maximum atomic E-state index is 14.0. The standard InChI is InChI=1S/C16H14FN5O2S/c17-13-3-1-2-12(15(13)22-25(19,23)24)10-4-6-11(7-5-10)14-16(18)21-9-8-20-14/h1-9,22H,(H2,18,21)(H2,19,23,24). The minimum absolute atomic E-state index is 0.211. The Morgan fingerprint density at radius 3 is 2.24 bits per heavy atom. The summed E-state index contributed by atoms with van der Waals surface area (Å²) in [6.45, 7) is 0. The monoisotopic (exact) mass is 359 g/mol. The van der Waals surface area contributed by atoms with E-state index in [0.717, 1.165) is 11.6 Å². The molecule has 0 unspecified atom stereocenters. The Bertz CT molecular complexity index is 1020. The van der Waals surface area contributed by atoms with E-state index in [-0.39, 0.29) is 11.5 Å². The molecule has 9 heteroatoms. The summed E-state index contributed by atoms with van der Waals surface area (Å²) in [5.74, 6) is -0.439. The minimum atomic E-state index is -4.11. The zero-order valence-corrected chi connectivity index (χ0v) is 13.7. The average molecular weight is 359 g/mol. The molecule has 1 aromatic heterocycles. The Morgan fingerprint density at radius 1 is 0.960 bits per heavy atom. The van der Waals surface area contributed by atoms with Crippen molar-refractivity contribution < 1.29 is 12.8 Å². The molecular weight excluding hydrogens is 345 g/mol. The van der Waals surface area contributed by atoms with Gasteiger partial charge in [0.2, 0.25) is 0 Å². The van der Waals surface area contributed by atoms with Gasteiger partial charge in [-0.05, 0) is 11.6 Å². The van der Waals surface area contributed by atoms with E-state index in [1.165, 1.54) is 18.5 Å². The highest BCUT2D eigenvalue weighted by Gasteiger charge is 2.14. The van der Waals surface area contributed by atoms with Gasteiger partial charge in [-0.1, -0.05) is 36.4 Å². The molecule has 7 nitrogen and oxygen atoms in total. The van der Waals surface area contributed by atoms with Gasteiger partial charge in [-0.15, -0.1) is 0 Å². The number of rotatable bonds is 4. The SMILES string of the molecule is Nc1nccnc1-c1ccc(-c2cccc(F)c2NS(N)(=O)=O)cc1. The lowest BCUT2D eigenvalue weighted by Crippen LogP contribution is -2.22. The quantitative estimate of drug-likeness (QED) is 0.658. The summed E-state index contributed by atoms with van der Waals surface area (Å²) < 4.78 is 38.6. The van der Waals surface area contributed by atoms with Crippen LogP contribution in [0.1, 0.15) is 0 Å². The number of benzene rings is 2. The number of nitrogens with one attached hydrogen (secondary N) is 1. The predicted octanol–water partition coefficient (Wildman–Crippen LogP) is 2.15. The first kappa shape index (κ1) is 16.8. The van der Waals surface area contributed by atoms with Gasteiger partial charge < -0.3 is 5.73 Å². The van der Waals surface area contributed by atoms with E-state index < -0.39 is 16.0 Å². The van der Waals surface area contributed by atoms with Gasteiger partial charge in [0.1, 0.15) is 17.3 Å². The van der Waals surface area contributed by atoms with E-state index in [0.29, 0.717) is 16.8 Å². The molecule has 0 saturated heterocycles. The lowest BCUT2D eigenvalue weighted by Gasteiger charge is -2.12. The Balaban J connectivity index is 2.04. The fourth-order valence-corrected chi connectivity index (χ4v) is 2.88. The van der Waals surface area contributed by atoms with Crippen LogP contribution >= 0.6 is 0 Å². The van der Waals surface area contributed by atoms with Crippen molar-refractivity contribution in [3.63, 3.8) is 0 Å². The van der Waals surface area contributed by atoms with Crippen molar-refractivity contribution in [1.29, 1.82) is 0 Å². The van der Waals surface area contributed by atoms with Crippen molar-refractivity contribution in [3.05, 3.63) is 60.7 Å². The second-order valence-electron chi connectivity index (χ2n) is 5.18. The van der Waals surface area contributed by atoms with E-state index in [1.807, 2.05) is 4.72 Å². The fraction of sp³-hybridized carbons (Fsp3) is 0. The van der Waals surface area contributed by atoms with Gasteiger partial charge in [0.25, 0.3) is 10.2 Å². The highest BCUT2D eigenvalue weighted by atomic mass is 32.2. The maximum Gasteiger partial charge on any atom is 0.296 e. The third-order valence-electron chi connectivity index (χ3n) is 3.45. The molecule has 0 fully saturated rings. The maximum absolute atomic E-state index is 14.0. The number of hydrogen-bond donors (Lipinski definition) is 3. The third kappa shape index (κ3) is 3.73. The number of hydrogen-bond acceptors (Lipinski definition) is 5. The van der Waals surface area contributed by atoms with Gasteiger partial charge in [0, 0.05) is 23.5 Å². The second-order valence-corrected chi connectivity index (χ2v) is 6.47. The molecule has 5 N–H and O–H groups in total. The van der Waals surface area contributed by atoms with E-state index in [2.05, 4.69) is 9.97 Å². The van der Waals surface area contributed by atoms with Crippen molar-refractivity contribution >= 4 is 21.7 Å². The molecule has 3 aromatic rings. The van der Waals surface area contributed by atoms with Crippen LogP contribution in [0.2, 0.25) is 0 Å². The van der Waals surface area contributed by atoms with Crippen LogP contribution < -0.4 is 15.6 Å². The summed E-state index contributed by atoms with van der Waals surface area (Å²) in [6, 6.07) is 11.1. The van der Waals surface area contributed by atoms with Gasteiger partial charge in [-0.25, -0.2) is 14.5 Å². The number of halogens is 1. The number of para-hydroxylation sites is 1. The Labute approximate surface area is 143 Å². The first-order chi connectivity index (χ1) is 11.8. The van der Waals surface area contributed by atoms with Gasteiger partial charge in [-0.3, -0.25) is 9.71 Å². The Hall–Kier alpha value is -3.04. The summed E-state index contributed by atoms with van der Waals surface area (Å²) in [5.41, 5.74) is 7.79. The largest absolute Gasteiger partial charge is 0.382 e. The van der Waals surface area contributed by atoms with Crippen molar-refractivity contribution in [2.24, 2.45) is 5.14 Å². The molecule has 0 saturated carbocycles. The van der Waals surface area contributed by atoms with Crippen LogP contribution in [0.4, 0.5) is 15.9 Å². The highest BCUT2D eigenvalue weighted by Crippen LogP contribution is 2.32. The van der Waals surface area contributed by atoms with Crippen molar-refractivity contribution in [2.45, 2.75) is 0 Å². The van der Waals surface area contributed by atoms with E-state index >= 15 is 0 Å². The Kier molecular flexibility index (Phi) is 4.34. The van der Waals surface area contributed by atoms with Crippen LogP contribution in [0.25, 0.3) is 22.4 Å². The van der Waals surface area contributed by atoms with E-state index in [4.69, 9.17) is 10.9 Å². The first-order valence-electron chi connectivity index (χ1n) is 7.11. The molecular formula is C16H14FN5O2S. The molecule has 0 atom stereocenters. The molecule has 0 aliphatic rings. The number of aromatic nitrogens is 2. The van der Waals surface area contributed by atoms with Crippen LogP contribution in [0.3, 0.4) is 0 Å². The molecule has 0 aliphatic heterocycles. The van der Waals surface area contributed by atoms with Gasteiger partial charge >= 0.3 is 0 Å². The topological polar surface area (TPSA) is 124 Å². The molecule has 0 amide bonds. The lowest BCUT2D eigenvalue weighted by molar-refractivity contribution is 0.600. The van der Waals surface area contributed by atoms with Crippen molar-refractivity contribution in [3.8, 4) is 22.4 Å². The van der Waals surface area contributed by atoms with Crippen molar-refractivity contribution in [1.82, 2.24) is 9.97 Å². The molecule has 3 rings (SSSR count). The summed E-state index contributed by atoms with van der Waals surface area (Å²) in [7, 11) is -4.11. The molecule has 25 heavy (non-hydrogen) atoms. The van der Waals surface area contributed by atoms with Crippen LogP contribution in [0.15, 0.2) is 54.9 Å². The fourth-order valence-electron chi connectivity index (χ4n) is 2.39. The first-order valence-corrected chi connectivity index (χ1v) is 8.66. The van der Waals surface area contributed by atoms with Crippen LogP contribution in [-0.4, -0.2) is 18.4 Å². The summed E-state index contributed by atoms with van der Waals surface area (Å²) in [4.78, 5) is 8.15. The van der Waals surface area contributed by atoms with Crippen LogP contribution in [0, 0.1) is 5.82 Å². The third-order valence-corrected chi connectivity index (χ3v) is 3.94. The van der Waals surface area contributed by atoms with Crippen LogP contribution in [-0.2, 0) is 10.2 Å². The smallest absolute Gasteiger partial charge is 0.296 e. The normalized spacial score (nSPS) is 11.3. The van der Waals surface area contributed by atoms with E-state index in [1.54, 1.807) is 30.3 Å². The zero-order valence-electron chi connectivity index (χ0n) is 12.8. The second kappa shape index (κ2) is 6.46. The van der Waals surface area contributed by atoms with Gasteiger partial charge in [-0.2, -0.15) is 8.42 Å². The molecule has 2 aromatic carbocycles. The molecule has 1 heterocycles. The Morgan fingerprint density at radius 2 is 1.60 bits per heavy atom. The lowest BCUT2D eigenvalue weighted by atomic mass is 10.0. The predicted molar refractivity (Wildman–Crippen MR) is 94.0 cm³/mol. The summed E-state index contributed by atoms with van der Waals surface area (Å²) in [6.07, 6.45) is 3.02. The summed E-state index contributed by atoms with van der Waals surface area (Å²) in [5, 5.41) is 4.97. The number of nitrogen functional groups attached to an aromatic ring is 1. The number of nitrogens with two attached hydrogens (primary N) is 2. The van der Waals surface area contributed by atoms with Gasteiger partial charge in [0.15, 0.2) is 0 Å². The number of nitrogens with zero attached hydrogens (tertiary/aromatic N) is 2. The molecule has 0 radical (unpaired) electrons. The average Bonchev–Trinajstić information content (AvgIpc) is 2.56. The molecule has 128 valence electrons. The van der Waals surface area contributed by atoms with Crippen LogP contribution in [0.5, 0.6) is 0 Å². The van der Waals surface area contributed by atoms with E-state index in [9.17, 15) is 12.8 Å². The zero-order chi connectivity index (χ0) is 18.0. The van der Waals surface area contributed by atoms with Crippen molar-refractivity contribution in [2.75, 3.05) is 10.5 Å².